The maximum atomic E-state index is 8.49. The van der Waals surface area contributed by atoms with Crippen LogP contribution in [0.4, 0.5) is 5.95 Å². The van der Waals surface area contributed by atoms with E-state index in [4.69, 9.17) is 5.26 Å². The Morgan fingerprint density at radius 2 is 2.00 bits per heavy atom. The van der Waals surface area contributed by atoms with E-state index in [0.29, 0.717) is 5.95 Å². The first-order chi connectivity index (χ1) is 9.78. The van der Waals surface area contributed by atoms with E-state index in [1.165, 1.54) is 0 Å². The van der Waals surface area contributed by atoms with Gasteiger partial charge in [-0.2, -0.15) is 5.26 Å². The molecule has 0 aliphatic rings. The van der Waals surface area contributed by atoms with Crippen LogP contribution in [0.3, 0.4) is 0 Å². The molecule has 0 amide bonds. The number of hydrogen-bond donors (Lipinski definition) is 1. The minimum atomic E-state index is 0.194. The number of aryl methyl sites for hydroxylation is 1. The monoisotopic (exact) mass is 264 g/mol. The minimum absolute atomic E-state index is 0.194. The average molecular weight is 264 g/mol. The molecule has 98 valence electrons. The maximum absolute atomic E-state index is 8.49. The number of nitrogens with zero attached hydrogens (tertiary/aromatic N) is 5. The Hall–Kier alpha value is -2.94. The largest absolute Gasteiger partial charge is 0.341 e. The number of rotatable bonds is 3. The Balaban J connectivity index is 1.92. The van der Waals surface area contributed by atoms with E-state index < -0.39 is 0 Å². The lowest BCUT2D eigenvalue weighted by molar-refractivity contribution is 0.948. The van der Waals surface area contributed by atoms with Crippen LogP contribution in [0.5, 0.6) is 0 Å². The van der Waals surface area contributed by atoms with Gasteiger partial charge >= 0.3 is 0 Å². The fourth-order valence-electron chi connectivity index (χ4n) is 2.00. The number of fused-ring (bicyclic) bond motifs is 1. The van der Waals surface area contributed by atoms with Crippen molar-refractivity contribution in [1.82, 2.24) is 19.5 Å². The highest BCUT2D eigenvalue weighted by Gasteiger charge is 2.04. The van der Waals surface area contributed by atoms with E-state index in [1.54, 1.807) is 18.7 Å². The predicted molar refractivity (Wildman–Crippen MR) is 75.8 cm³/mol. The summed E-state index contributed by atoms with van der Waals surface area (Å²) in [7, 11) is 1.97. The normalized spacial score (nSPS) is 10.4. The molecule has 0 aliphatic heterocycles. The molecule has 20 heavy (non-hydrogen) atoms. The quantitative estimate of drug-likeness (QED) is 0.731. The standard InChI is InChI=1S/C14H12N6/c1-20-9-19-12-6-10(2-3-13(12)20)11-7-17-14(18-8-11)16-5-4-15/h2-3,6-9H,5H2,1H3,(H,16,17,18). The zero-order valence-corrected chi connectivity index (χ0v) is 10.9. The Bertz CT molecular complexity index is 782. The first-order valence-electron chi connectivity index (χ1n) is 6.12. The predicted octanol–water partition coefficient (Wildman–Crippen LogP) is 1.97. The first kappa shape index (κ1) is 12.1. The fraction of sp³-hybridized carbons (Fsp3) is 0.143. The van der Waals surface area contributed by atoms with Crippen molar-refractivity contribution < 1.29 is 0 Å². The first-order valence-corrected chi connectivity index (χ1v) is 6.12. The van der Waals surface area contributed by atoms with E-state index in [9.17, 15) is 0 Å². The molecule has 0 saturated carbocycles. The number of imidazole rings is 1. The minimum Gasteiger partial charge on any atom is -0.341 e. The molecule has 3 rings (SSSR count). The van der Waals surface area contributed by atoms with Gasteiger partial charge in [0.15, 0.2) is 0 Å². The van der Waals surface area contributed by atoms with E-state index in [1.807, 2.05) is 35.9 Å². The Kier molecular flexibility index (Phi) is 3.01. The van der Waals surface area contributed by atoms with Gasteiger partial charge in [-0.05, 0) is 17.7 Å². The smallest absolute Gasteiger partial charge is 0.223 e. The Labute approximate surface area is 115 Å². The van der Waals surface area contributed by atoms with Crippen molar-refractivity contribution in [2.24, 2.45) is 7.05 Å². The topological polar surface area (TPSA) is 79.4 Å². The fourth-order valence-corrected chi connectivity index (χ4v) is 2.00. The molecule has 0 fully saturated rings. The highest BCUT2D eigenvalue weighted by atomic mass is 15.1. The van der Waals surface area contributed by atoms with Gasteiger partial charge < -0.3 is 9.88 Å². The van der Waals surface area contributed by atoms with Crippen LogP contribution in [0.2, 0.25) is 0 Å². The van der Waals surface area contributed by atoms with Gasteiger partial charge in [0.1, 0.15) is 6.54 Å². The van der Waals surface area contributed by atoms with Crippen molar-refractivity contribution in [3.05, 3.63) is 36.9 Å². The molecule has 0 saturated heterocycles. The third kappa shape index (κ3) is 2.17. The summed E-state index contributed by atoms with van der Waals surface area (Å²) >= 11 is 0. The van der Waals surface area contributed by atoms with Crippen LogP contribution in [0.1, 0.15) is 0 Å². The number of aromatic nitrogens is 4. The van der Waals surface area contributed by atoms with E-state index in [2.05, 4.69) is 20.3 Å². The molecule has 1 N–H and O–H groups in total. The third-order valence-electron chi connectivity index (χ3n) is 3.04. The SMILES string of the molecule is Cn1cnc2cc(-c3cnc(NCC#N)nc3)ccc21. The Morgan fingerprint density at radius 3 is 2.75 bits per heavy atom. The van der Waals surface area contributed by atoms with E-state index >= 15 is 0 Å². The summed E-state index contributed by atoms with van der Waals surface area (Å²) < 4.78 is 1.98. The number of nitriles is 1. The molecular formula is C14H12N6. The molecule has 2 aromatic heterocycles. The number of anilines is 1. The maximum Gasteiger partial charge on any atom is 0.223 e. The average Bonchev–Trinajstić information content (AvgIpc) is 2.86. The van der Waals surface area contributed by atoms with Gasteiger partial charge in [-0.1, -0.05) is 6.07 Å². The summed E-state index contributed by atoms with van der Waals surface area (Å²) in [6, 6.07) is 8.04. The number of nitrogens with one attached hydrogen (secondary N) is 1. The van der Waals surface area contributed by atoms with E-state index in [-0.39, 0.29) is 6.54 Å². The second-order valence-corrected chi connectivity index (χ2v) is 4.37. The van der Waals surface area contributed by atoms with Gasteiger partial charge in [0.05, 0.1) is 23.4 Å². The van der Waals surface area contributed by atoms with Gasteiger partial charge in [0, 0.05) is 25.0 Å². The summed E-state index contributed by atoms with van der Waals surface area (Å²) in [6.45, 7) is 0.194. The van der Waals surface area contributed by atoms with Crippen LogP contribution >= 0.6 is 0 Å². The lowest BCUT2D eigenvalue weighted by Crippen LogP contribution is -2.02. The molecule has 3 aromatic rings. The molecule has 0 bridgehead atoms. The third-order valence-corrected chi connectivity index (χ3v) is 3.04. The van der Waals surface area contributed by atoms with Crippen LogP contribution < -0.4 is 5.32 Å². The van der Waals surface area contributed by atoms with Gasteiger partial charge in [-0.15, -0.1) is 0 Å². The summed E-state index contributed by atoms with van der Waals surface area (Å²) in [4.78, 5) is 12.7. The van der Waals surface area contributed by atoms with Crippen molar-refractivity contribution >= 4 is 17.0 Å². The van der Waals surface area contributed by atoms with Gasteiger partial charge in [-0.25, -0.2) is 15.0 Å². The number of hydrogen-bond acceptors (Lipinski definition) is 5. The molecule has 6 nitrogen and oxygen atoms in total. The van der Waals surface area contributed by atoms with Gasteiger partial charge in [-0.3, -0.25) is 0 Å². The molecule has 0 spiro atoms. The van der Waals surface area contributed by atoms with Crippen LogP contribution in [-0.4, -0.2) is 26.1 Å². The van der Waals surface area contributed by atoms with Crippen LogP contribution in [0.25, 0.3) is 22.2 Å². The van der Waals surface area contributed by atoms with Gasteiger partial charge in [0.2, 0.25) is 5.95 Å². The molecular weight excluding hydrogens is 252 g/mol. The zero-order valence-electron chi connectivity index (χ0n) is 10.9. The lowest BCUT2D eigenvalue weighted by atomic mass is 10.1. The second kappa shape index (κ2) is 4.97. The molecule has 0 unspecified atom stereocenters. The zero-order chi connectivity index (χ0) is 13.9. The Morgan fingerprint density at radius 1 is 1.20 bits per heavy atom. The lowest BCUT2D eigenvalue weighted by Gasteiger charge is -2.03. The van der Waals surface area contributed by atoms with Crippen molar-refractivity contribution in [2.45, 2.75) is 0 Å². The molecule has 0 aliphatic carbocycles. The molecule has 2 heterocycles. The molecule has 0 radical (unpaired) electrons. The summed E-state index contributed by atoms with van der Waals surface area (Å²) in [6.07, 6.45) is 5.26. The highest BCUT2D eigenvalue weighted by molar-refractivity contribution is 5.81. The number of benzene rings is 1. The van der Waals surface area contributed by atoms with Crippen molar-refractivity contribution in [1.29, 1.82) is 5.26 Å². The summed E-state index contributed by atoms with van der Waals surface area (Å²) in [5.41, 5.74) is 3.96. The molecule has 6 heteroatoms. The molecule has 0 atom stereocenters. The van der Waals surface area contributed by atoms with Crippen molar-refractivity contribution in [3.63, 3.8) is 0 Å². The molecule has 1 aromatic carbocycles. The van der Waals surface area contributed by atoms with Crippen LogP contribution in [0, 0.1) is 11.3 Å². The van der Waals surface area contributed by atoms with Crippen LogP contribution in [-0.2, 0) is 7.05 Å². The van der Waals surface area contributed by atoms with Crippen molar-refractivity contribution in [3.8, 4) is 17.2 Å². The summed E-state index contributed by atoms with van der Waals surface area (Å²) in [5.74, 6) is 0.453. The van der Waals surface area contributed by atoms with E-state index in [0.717, 1.165) is 22.2 Å². The highest BCUT2D eigenvalue weighted by Crippen LogP contribution is 2.22. The summed E-state index contributed by atoms with van der Waals surface area (Å²) in [5, 5.41) is 11.3. The van der Waals surface area contributed by atoms with Crippen molar-refractivity contribution in [2.75, 3.05) is 11.9 Å². The van der Waals surface area contributed by atoms with Crippen LogP contribution in [0.15, 0.2) is 36.9 Å². The second-order valence-electron chi connectivity index (χ2n) is 4.37. The van der Waals surface area contributed by atoms with Gasteiger partial charge in [0.25, 0.3) is 0 Å².